The number of ether oxygens (including phenoxy) is 1. The molecule has 0 radical (unpaired) electrons. The predicted molar refractivity (Wildman–Crippen MR) is 56.1 cm³/mol. The van der Waals surface area contributed by atoms with Crippen LogP contribution >= 0.6 is 0 Å². The van der Waals surface area contributed by atoms with Gasteiger partial charge < -0.3 is 4.74 Å². The van der Waals surface area contributed by atoms with E-state index in [-0.39, 0.29) is 5.41 Å². The van der Waals surface area contributed by atoms with Gasteiger partial charge in [-0.3, -0.25) is 4.99 Å². The predicted octanol–water partition coefficient (Wildman–Crippen LogP) is 2.88. The zero-order chi connectivity index (χ0) is 9.90. The maximum Gasteiger partial charge on any atom is 0.186 e. The van der Waals surface area contributed by atoms with Gasteiger partial charge in [0.25, 0.3) is 0 Å². The molecule has 1 rings (SSSR count). The van der Waals surface area contributed by atoms with E-state index in [9.17, 15) is 0 Å². The molecule has 1 unspecified atom stereocenters. The number of nitrogens with zero attached hydrogens (tertiary/aromatic N) is 1. The van der Waals surface area contributed by atoms with Crippen LogP contribution in [0.15, 0.2) is 4.99 Å². The molecule has 0 bridgehead atoms. The van der Waals surface area contributed by atoms with Gasteiger partial charge in [-0.05, 0) is 18.3 Å². The molecule has 0 amide bonds. The SMILES string of the molecule is COC1=NCCCCC1C(C)(C)C. The average Bonchev–Trinajstić information content (AvgIpc) is 2.26. The Morgan fingerprint density at radius 3 is 2.54 bits per heavy atom. The number of aliphatic imine (C=N–C) groups is 1. The van der Waals surface area contributed by atoms with E-state index in [0.717, 1.165) is 12.4 Å². The molecule has 2 heteroatoms. The van der Waals surface area contributed by atoms with Crippen LogP contribution in [0.1, 0.15) is 40.0 Å². The summed E-state index contributed by atoms with van der Waals surface area (Å²) < 4.78 is 5.36. The summed E-state index contributed by atoms with van der Waals surface area (Å²) in [6.45, 7) is 7.72. The van der Waals surface area contributed by atoms with Crippen LogP contribution < -0.4 is 0 Å². The Bertz CT molecular complexity index is 191. The Hall–Kier alpha value is -0.530. The molecule has 1 heterocycles. The highest BCUT2D eigenvalue weighted by Gasteiger charge is 2.30. The highest BCUT2D eigenvalue weighted by molar-refractivity contribution is 5.79. The van der Waals surface area contributed by atoms with Crippen LogP contribution in [0.4, 0.5) is 0 Å². The maximum absolute atomic E-state index is 5.36. The van der Waals surface area contributed by atoms with Crippen molar-refractivity contribution >= 4 is 5.90 Å². The first-order valence-corrected chi connectivity index (χ1v) is 5.14. The molecule has 0 saturated heterocycles. The Kier molecular flexibility index (Phi) is 3.34. The van der Waals surface area contributed by atoms with Gasteiger partial charge in [0.05, 0.1) is 7.11 Å². The standard InChI is InChI=1S/C11H21NO/c1-11(2,3)9-7-5-6-8-12-10(9)13-4/h9H,5-8H2,1-4H3. The molecule has 1 aliphatic heterocycles. The van der Waals surface area contributed by atoms with Crippen LogP contribution in [0.25, 0.3) is 0 Å². The Morgan fingerprint density at radius 1 is 1.31 bits per heavy atom. The Labute approximate surface area is 81.4 Å². The second-order valence-electron chi connectivity index (χ2n) is 4.84. The largest absolute Gasteiger partial charge is 0.484 e. The molecule has 76 valence electrons. The summed E-state index contributed by atoms with van der Waals surface area (Å²) >= 11 is 0. The summed E-state index contributed by atoms with van der Waals surface area (Å²) in [6.07, 6.45) is 3.70. The lowest BCUT2D eigenvalue weighted by Crippen LogP contribution is -2.29. The second-order valence-corrected chi connectivity index (χ2v) is 4.84. The number of methoxy groups -OCH3 is 1. The zero-order valence-electron chi connectivity index (χ0n) is 9.26. The van der Waals surface area contributed by atoms with E-state index >= 15 is 0 Å². The molecule has 0 fully saturated rings. The van der Waals surface area contributed by atoms with Gasteiger partial charge in [0.2, 0.25) is 0 Å². The smallest absolute Gasteiger partial charge is 0.186 e. The molecule has 13 heavy (non-hydrogen) atoms. The molecule has 1 atom stereocenters. The lowest BCUT2D eigenvalue weighted by molar-refractivity contribution is 0.246. The normalized spacial score (nSPS) is 24.9. The highest BCUT2D eigenvalue weighted by Crippen LogP contribution is 2.33. The third kappa shape index (κ3) is 2.71. The van der Waals surface area contributed by atoms with Crippen molar-refractivity contribution in [2.45, 2.75) is 40.0 Å². The van der Waals surface area contributed by atoms with Crippen LogP contribution in [0.2, 0.25) is 0 Å². The van der Waals surface area contributed by atoms with E-state index in [4.69, 9.17) is 4.74 Å². The van der Waals surface area contributed by atoms with Gasteiger partial charge in [-0.25, -0.2) is 0 Å². The van der Waals surface area contributed by atoms with Crippen molar-refractivity contribution in [3.05, 3.63) is 0 Å². The molecule has 0 spiro atoms. The van der Waals surface area contributed by atoms with Crippen molar-refractivity contribution < 1.29 is 4.74 Å². The first kappa shape index (κ1) is 10.6. The molecule has 0 N–H and O–H groups in total. The maximum atomic E-state index is 5.36. The van der Waals surface area contributed by atoms with E-state index in [1.54, 1.807) is 7.11 Å². The zero-order valence-corrected chi connectivity index (χ0v) is 9.26. The molecule has 0 aromatic heterocycles. The van der Waals surface area contributed by atoms with Crippen molar-refractivity contribution in [2.24, 2.45) is 16.3 Å². The van der Waals surface area contributed by atoms with Gasteiger partial charge in [-0.1, -0.05) is 27.2 Å². The van der Waals surface area contributed by atoms with Gasteiger partial charge in [0, 0.05) is 12.5 Å². The number of hydrogen-bond acceptors (Lipinski definition) is 2. The number of hydrogen-bond donors (Lipinski definition) is 0. The Morgan fingerprint density at radius 2 is 2.00 bits per heavy atom. The summed E-state index contributed by atoms with van der Waals surface area (Å²) in [5.74, 6) is 1.46. The fourth-order valence-corrected chi connectivity index (χ4v) is 1.89. The van der Waals surface area contributed by atoms with Crippen LogP contribution in [-0.2, 0) is 4.74 Å². The van der Waals surface area contributed by atoms with Crippen molar-refractivity contribution in [3.63, 3.8) is 0 Å². The summed E-state index contributed by atoms with van der Waals surface area (Å²) in [6, 6.07) is 0. The van der Waals surface area contributed by atoms with E-state index < -0.39 is 0 Å². The lowest BCUT2D eigenvalue weighted by Gasteiger charge is -2.29. The summed E-state index contributed by atoms with van der Waals surface area (Å²) in [4.78, 5) is 4.48. The molecule has 1 aliphatic rings. The minimum atomic E-state index is 0.277. The van der Waals surface area contributed by atoms with Gasteiger partial charge in [0.15, 0.2) is 5.90 Å². The quantitative estimate of drug-likeness (QED) is 0.566. The van der Waals surface area contributed by atoms with Crippen molar-refractivity contribution in [1.29, 1.82) is 0 Å². The van der Waals surface area contributed by atoms with E-state index in [2.05, 4.69) is 25.8 Å². The van der Waals surface area contributed by atoms with Gasteiger partial charge >= 0.3 is 0 Å². The molecule has 2 nitrogen and oxygen atoms in total. The monoisotopic (exact) mass is 183 g/mol. The summed E-state index contributed by atoms with van der Waals surface area (Å²) in [7, 11) is 1.74. The fourth-order valence-electron chi connectivity index (χ4n) is 1.89. The molecular formula is C11H21NO. The first-order chi connectivity index (χ1) is 6.05. The van der Waals surface area contributed by atoms with Crippen LogP contribution in [0.3, 0.4) is 0 Å². The molecule has 0 saturated carbocycles. The van der Waals surface area contributed by atoms with E-state index in [0.29, 0.717) is 5.92 Å². The van der Waals surface area contributed by atoms with Crippen LogP contribution in [-0.4, -0.2) is 19.6 Å². The van der Waals surface area contributed by atoms with Crippen molar-refractivity contribution in [1.82, 2.24) is 0 Å². The first-order valence-electron chi connectivity index (χ1n) is 5.14. The Balaban J connectivity index is 2.78. The van der Waals surface area contributed by atoms with Crippen LogP contribution in [0.5, 0.6) is 0 Å². The highest BCUT2D eigenvalue weighted by atomic mass is 16.5. The summed E-state index contributed by atoms with van der Waals surface area (Å²) in [5, 5.41) is 0. The van der Waals surface area contributed by atoms with Crippen LogP contribution in [0, 0.1) is 11.3 Å². The van der Waals surface area contributed by atoms with E-state index in [1.807, 2.05) is 0 Å². The molecular weight excluding hydrogens is 162 g/mol. The third-order valence-electron chi connectivity index (χ3n) is 2.72. The number of rotatable bonds is 0. The van der Waals surface area contributed by atoms with Crippen molar-refractivity contribution in [2.75, 3.05) is 13.7 Å². The molecule has 0 aliphatic carbocycles. The third-order valence-corrected chi connectivity index (χ3v) is 2.72. The second kappa shape index (κ2) is 4.12. The van der Waals surface area contributed by atoms with Gasteiger partial charge in [0.1, 0.15) is 0 Å². The minimum Gasteiger partial charge on any atom is -0.484 e. The fraction of sp³-hybridized carbons (Fsp3) is 0.909. The van der Waals surface area contributed by atoms with Gasteiger partial charge in [-0.2, -0.15) is 0 Å². The lowest BCUT2D eigenvalue weighted by atomic mass is 9.78. The van der Waals surface area contributed by atoms with Crippen molar-refractivity contribution in [3.8, 4) is 0 Å². The topological polar surface area (TPSA) is 21.6 Å². The van der Waals surface area contributed by atoms with E-state index in [1.165, 1.54) is 19.3 Å². The van der Waals surface area contributed by atoms with Gasteiger partial charge in [-0.15, -0.1) is 0 Å². The summed E-state index contributed by atoms with van der Waals surface area (Å²) in [5.41, 5.74) is 0.277. The molecule has 0 aromatic rings. The average molecular weight is 183 g/mol. The minimum absolute atomic E-state index is 0.277. The molecule has 0 aromatic carbocycles.